The summed E-state index contributed by atoms with van der Waals surface area (Å²) in [6.07, 6.45) is 0.507. The van der Waals surface area contributed by atoms with Crippen molar-refractivity contribution >= 4 is 11.6 Å². The van der Waals surface area contributed by atoms with Gasteiger partial charge in [0.2, 0.25) is 0 Å². The first-order valence-electron chi connectivity index (χ1n) is 6.35. The molecule has 0 saturated heterocycles. The Morgan fingerprint density at radius 1 is 1.28 bits per heavy atom. The molecule has 18 heavy (non-hydrogen) atoms. The molecule has 1 heterocycles. The van der Waals surface area contributed by atoms with Crippen LogP contribution in [0.25, 0.3) is 0 Å². The monoisotopic (exact) mass is 247 g/mol. The molecule has 1 aromatic heterocycles. The van der Waals surface area contributed by atoms with Gasteiger partial charge in [-0.2, -0.15) is 5.26 Å². The standard InChI is InChI=1S/C13H21N5/c1-5-15-12-10(3)13(17-11(4)16-12)18(6-2)9-7-8-14/h5-7,9H2,1-4H3,(H,15,16,17). The van der Waals surface area contributed by atoms with Crippen LogP contribution >= 0.6 is 0 Å². The van der Waals surface area contributed by atoms with Gasteiger partial charge in [0.25, 0.3) is 0 Å². The van der Waals surface area contributed by atoms with Crippen molar-refractivity contribution in [1.82, 2.24) is 9.97 Å². The second-order valence-corrected chi connectivity index (χ2v) is 4.09. The molecule has 0 bridgehead atoms. The number of nitrogens with zero attached hydrogens (tertiary/aromatic N) is 4. The predicted molar refractivity (Wildman–Crippen MR) is 73.8 cm³/mol. The van der Waals surface area contributed by atoms with E-state index in [0.29, 0.717) is 13.0 Å². The molecule has 5 heteroatoms. The third kappa shape index (κ3) is 3.33. The van der Waals surface area contributed by atoms with Crippen molar-refractivity contribution in [2.75, 3.05) is 29.9 Å². The third-order valence-corrected chi connectivity index (χ3v) is 2.75. The minimum absolute atomic E-state index is 0.507. The van der Waals surface area contributed by atoms with Crippen LogP contribution < -0.4 is 10.2 Å². The summed E-state index contributed by atoms with van der Waals surface area (Å²) in [7, 11) is 0. The minimum Gasteiger partial charge on any atom is -0.370 e. The lowest BCUT2D eigenvalue weighted by atomic mass is 10.2. The fourth-order valence-electron chi connectivity index (χ4n) is 1.86. The molecule has 0 unspecified atom stereocenters. The van der Waals surface area contributed by atoms with E-state index < -0.39 is 0 Å². The topological polar surface area (TPSA) is 64.8 Å². The van der Waals surface area contributed by atoms with Crippen LogP contribution in [0.4, 0.5) is 11.6 Å². The third-order valence-electron chi connectivity index (χ3n) is 2.75. The van der Waals surface area contributed by atoms with Crippen molar-refractivity contribution in [1.29, 1.82) is 5.26 Å². The number of hydrogen-bond acceptors (Lipinski definition) is 5. The maximum atomic E-state index is 8.70. The van der Waals surface area contributed by atoms with Gasteiger partial charge in [0.1, 0.15) is 17.5 Å². The van der Waals surface area contributed by atoms with E-state index in [-0.39, 0.29) is 0 Å². The van der Waals surface area contributed by atoms with E-state index in [2.05, 4.69) is 33.2 Å². The number of nitrogens with one attached hydrogen (secondary N) is 1. The number of nitriles is 1. The van der Waals surface area contributed by atoms with Crippen molar-refractivity contribution in [3.8, 4) is 6.07 Å². The average Bonchev–Trinajstić information content (AvgIpc) is 2.35. The maximum Gasteiger partial charge on any atom is 0.137 e. The zero-order valence-electron chi connectivity index (χ0n) is 11.6. The summed E-state index contributed by atoms with van der Waals surface area (Å²) in [6, 6.07) is 2.18. The van der Waals surface area contributed by atoms with E-state index in [9.17, 15) is 0 Å². The molecule has 0 radical (unpaired) electrons. The molecular formula is C13H21N5. The molecule has 1 rings (SSSR count). The van der Waals surface area contributed by atoms with Gasteiger partial charge in [0, 0.05) is 25.2 Å². The summed E-state index contributed by atoms with van der Waals surface area (Å²) in [5.41, 5.74) is 1.04. The lowest BCUT2D eigenvalue weighted by molar-refractivity contribution is 0.797. The Balaban J connectivity index is 3.09. The maximum absolute atomic E-state index is 8.70. The van der Waals surface area contributed by atoms with Crippen LogP contribution in [0.15, 0.2) is 0 Å². The van der Waals surface area contributed by atoms with Crippen molar-refractivity contribution in [2.24, 2.45) is 0 Å². The Morgan fingerprint density at radius 3 is 2.56 bits per heavy atom. The molecule has 5 nitrogen and oxygen atoms in total. The second-order valence-electron chi connectivity index (χ2n) is 4.09. The molecule has 1 aromatic rings. The van der Waals surface area contributed by atoms with Gasteiger partial charge in [-0.15, -0.1) is 0 Å². The fourth-order valence-corrected chi connectivity index (χ4v) is 1.86. The van der Waals surface area contributed by atoms with Crippen LogP contribution in [0.5, 0.6) is 0 Å². The SMILES string of the molecule is CCNc1nc(C)nc(N(CC)CCC#N)c1C. The summed E-state index contributed by atoms with van der Waals surface area (Å²) >= 11 is 0. The molecule has 0 fully saturated rings. The van der Waals surface area contributed by atoms with Gasteiger partial charge in [-0.25, -0.2) is 9.97 Å². The number of anilines is 2. The van der Waals surface area contributed by atoms with E-state index in [1.807, 2.05) is 20.8 Å². The summed E-state index contributed by atoms with van der Waals surface area (Å²) < 4.78 is 0. The molecule has 0 aromatic carbocycles. The van der Waals surface area contributed by atoms with E-state index in [4.69, 9.17) is 5.26 Å². The van der Waals surface area contributed by atoms with Crippen LogP contribution in [-0.4, -0.2) is 29.6 Å². The smallest absolute Gasteiger partial charge is 0.137 e. The van der Waals surface area contributed by atoms with Gasteiger partial charge in [0.05, 0.1) is 12.5 Å². The zero-order chi connectivity index (χ0) is 13.5. The van der Waals surface area contributed by atoms with Gasteiger partial charge >= 0.3 is 0 Å². The van der Waals surface area contributed by atoms with Gasteiger partial charge in [0.15, 0.2) is 0 Å². The fraction of sp³-hybridized carbons (Fsp3) is 0.615. The first-order chi connectivity index (χ1) is 8.63. The van der Waals surface area contributed by atoms with E-state index in [1.54, 1.807) is 0 Å². The van der Waals surface area contributed by atoms with Gasteiger partial charge < -0.3 is 10.2 Å². The van der Waals surface area contributed by atoms with Crippen molar-refractivity contribution in [3.05, 3.63) is 11.4 Å². The minimum atomic E-state index is 0.507. The molecule has 0 aliphatic rings. The highest BCUT2D eigenvalue weighted by molar-refractivity contribution is 5.58. The number of rotatable bonds is 6. The highest BCUT2D eigenvalue weighted by atomic mass is 15.2. The highest BCUT2D eigenvalue weighted by Crippen LogP contribution is 2.23. The lowest BCUT2D eigenvalue weighted by Crippen LogP contribution is -2.26. The Labute approximate surface area is 109 Å². The van der Waals surface area contributed by atoms with Gasteiger partial charge in [-0.3, -0.25) is 0 Å². The second kappa shape index (κ2) is 6.80. The summed E-state index contributed by atoms with van der Waals surface area (Å²) in [4.78, 5) is 11.0. The number of aryl methyl sites for hydroxylation is 1. The summed E-state index contributed by atoms with van der Waals surface area (Å²) in [5.74, 6) is 2.56. The number of hydrogen-bond donors (Lipinski definition) is 1. The highest BCUT2D eigenvalue weighted by Gasteiger charge is 2.13. The average molecular weight is 247 g/mol. The van der Waals surface area contributed by atoms with Crippen molar-refractivity contribution < 1.29 is 0 Å². The Morgan fingerprint density at radius 2 is 2.00 bits per heavy atom. The molecule has 0 atom stereocenters. The lowest BCUT2D eigenvalue weighted by Gasteiger charge is -2.24. The first kappa shape index (κ1) is 14.2. The van der Waals surface area contributed by atoms with Crippen LogP contribution in [0.3, 0.4) is 0 Å². The van der Waals surface area contributed by atoms with Crippen LogP contribution in [0.1, 0.15) is 31.7 Å². The quantitative estimate of drug-likeness (QED) is 0.835. The van der Waals surface area contributed by atoms with Crippen molar-refractivity contribution in [3.63, 3.8) is 0 Å². The summed E-state index contributed by atoms with van der Waals surface area (Å²) in [5, 5.41) is 11.9. The molecule has 0 amide bonds. The molecule has 0 spiro atoms. The Kier molecular flexibility index (Phi) is 5.37. The Bertz CT molecular complexity index is 436. The Hall–Kier alpha value is -1.83. The van der Waals surface area contributed by atoms with Gasteiger partial charge in [-0.05, 0) is 27.7 Å². The predicted octanol–water partition coefficient (Wildman–Crippen LogP) is 2.27. The summed E-state index contributed by atoms with van der Waals surface area (Å²) in [6.45, 7) is 10.4. The molecule has 1 N–H and O–H groups in total. The van der Waals surface area contributed by atoms with Crippen LogP contribution in [-0.2, 0) is 0 Å². The zero-order valence-corrected chi connectivity index (χ0v) is 11.6. The molecule has 0 saturated carbocycles. The van der Waals surface area contributed by atoms with Crippen LogP contribution in [0.2, 0.25) is 0 Å². The largest absolute Gasteiger partial charge is 0.370 e. The van der Waals surface area contributed by atoms with E-state index >= 15 is 0 Å². The van der Waals surface area contributed by atoms with E-state index in [0.717, 1.165) is 36.1 Å². The van der Waals surface area contributed by atoms with E-state index in [1.165, 1.54) is 0 Å². The number of aromatic nitrogens is 2. The normalized spacial score (nSPS) is 9.94. The molecule has 0 aliphatic carbocycles. The molecule has 98 valence electrons. The van der Waals surface area contributed by atoms with Gasteiger partial charge in [-0.1, -0.05) is 0 Å². The first-order valence-corrected chi connectivity index (χ1v) is 6.35. The molecule has 0 aliphatic heterocycles. The van der Waals surface area contributed by atoms with Crippen LogP contribution in [0, 0.1) is 25.2 Å². The molecular weight excluding hydrogens is 226 g/mol. The van der Waals surface area contributed by atoms with Crippen molar-refractivity contribution in [2.45, 2.75) is 34.1 Å².